The quantitative estimate of drug-likeness (QED) is 0.860. The minimum absolute atomic E-state index is 0.437. The van der Waals surface area contributed by atoms with Gasteiger partial charge in [0, 0.05) is 18.3 Å². The van der Waals surface area contributed by atoms with E-state index in [-0.39, 0.29) is 0 Å². The molecule has 1 fully saturated rings. The first-order valence-electron chi connectivity index (χ1n) is 6.64. The van der Waals surface area contributed by atoms with E-state index < -0.39 is 0 Å². The fraction of sp³-hybridized carbons (Fsp3) is 0.600. The molecule has 0 aromatic heterocycles. The molecule has 2 rings (SSSR count). The molecule has 1 aromatic rings. The molecule has 1 N–H and O–H groups in total. The summed E-state index contributed by atoms with van der Waals surface area (Å²) >= 11 is 0. The summed E-state index contributed by atoms with van der Waals surface area (Å²) in [4.78, 5) is 0. The second-order valence-corrected chi connectivity index (χ2v) is 5.09. The fourth-order valence-electron chi connectivity index (χ4n) is 2.49. The number of nitrogens with one attached hydrogen (secondary N) is 1. The summed E-state index contributed by atoms with van der Waals surface area (Å²) in [5.74, 6) is 0. The Kier molecular flexibility index (Phi) is 4.06. The molecule has 0 aliphatic carbocycles. The summed E-state index contributed by atoms with van der Waals surface area (Å²) < 4.78 is 5.70. The van der Waals surface area contributed by atoms with Crippen molar-refractivity contribution in [2.24, 2.45) is 0 Å². The molecule has 2 heteroatoms. The largest absolute Gasteiger partial charge is 0.382 e. The van der Waals surface area contributed by atoms with Gasteiger partial charge in [0.2, 0.25) is 0 Å². The monoisotopic (exact) mass is 233 g/mol. The van der Waals surface area contributed by atoms with Gasteiger partial charge >= 0.3 is 0 Å². The van der Waals surface area contributed by atoms with Gasteiger partial charge in [-0.25, -0.2) is 0 Å². The lowest BCUT2D eigenvalue weighted by Crippen LogP contribution is -2.33. The van der Waals surface area contributed by atoms with Gasteiger partial charge in [0.1, 0.15) is 0 Å². The van der Waals surface area contributed by atoms with E-state index >= 15 is 0 Å². The third-order valence-corrected chi connectivity index (χ3v) is 3.56. The highest BCUT2D eigenvalue weighted by Gasteiger charge is 2.21. The number of ether oxygens (including phenoxy) is 1. The third kappa shape index (κ3) is 3.22. The lowest BCUT2D eigenvalue weighted by Gasteiger charge is -2.30. The maximum Gasteiger partial charge on any atom is 0.0592 e. The molecule has 1 aliphatic heterocycles. The fourth-order valence-corrected chi connectivity index (χ4v) is 2.49. The molecule has 0 radical (unpaired) electrons. The van der Waals surface area contributed by atoms with E-state index in [9.17, 15) is 0 Å². The highest BCUT2D eigenvalue weighted by molar-refractivity contribution is 5.52. The Morgan fingerprint density at radius 3 is 2.88 bits per heavy atom. The number of benzene rings is 1. The Labute approximate surface area is 104 Å². The van der Waals surface area contributed by atoms with Crippen LogP contribution in [0, 0.1) is 13.8 Å². The average Bonchev–Trinajstić information content (AvgIpc) is 2.33. The molecular weight excluding hydrogens is 210 g/mol. The minimum Gasteiger partial charge on any atom is -0.382 e. The van der Waals surface area contributed by atoms with E-state index in [1.807, 2.05) is 0 Å². The van der Waals surface area contributed by atoms with Crippen molar-refractivity contribution >= 4 is 5.69 Å². The van der Waals surface area contributed by atoms with Crippen LogP contribution in [-0.2, 0) is 4.74 Å². The number of rotatable bonds is 3. The first-order valence-corrected chi connectivity index (χ1v) is 6.64. The maximum atomic E-state index is 5.70. The van der Waals surface area contributed by atoms with E-state index in [2.05, 4.69) is 44.3 Å². The molecule has 94 valence electrons. The standard InChI is InChI=1S/C15H23NO/c1-4-14-10-13(7-8-17-14)16-15-6-5-11(2)9-12(15)3/h5-6,9,13-14,16H,4,7-8,10H2,1-3H3. The molecule has 1 aliphatic rings. The normalized spacial score (nSPS) is 24.6. The van der Waals surface area contributed by atoms with Crippen molar-refractivity contribution in [1.82, 2.24) is 0 Å². The molecule has 1 aromatic carbocycles. The molecule has 0 spiro atoms. The van der Waals surface area contributed by atoms with Crippen molar-refractivity contribution in [3.05, 3.63) is 29.3 Å². The Hall–Kier alpha value is -1.02. The summed E-state index contributed by atoms with van der Waals surface area (Å²) in [7, 11) is 0. The molecule has 0 bridgehead atoms. The van der Waals surface area contributed by atoms with Crippen molar-refractivity contribution in [2.45, 2.75) is 52.2 Å². The van der Waals surface area contributed by atoms with Gasteiger partial charge in [-0.1, -0.05) is 24.6 Å². The second-order valence-electron chi connectivity index (χ2n) is 5.09. The summed E-state index contributed by atoms with van der Waals surface area (Å²) in [5, 5.41) is 3.66. The molecule has 2 nitrogen and oxygen atoms in total. The average molecular weight is 233 g/mol. The molecular formula is C15H23NO. The predicted octanol–water partition coefficient (Wildman–Crippen LogP) is 3.67. The van der Waals surface area contributed by atoms with Crippen LogP contribution in [0.25, 0.3) is 0 Å². The van der Waals surface area contributed by atoms with E-state index in [1.165, 1.54) is 16.8 Å². The Morgan fingerprint density at radius 1 is 1.35 bits per heavy atom. The smallest absolute Gasteiger partial charge is 0.0592 e. The van der Waals surface area contributed by atoms with Crippen LogP contribution in [-0.4, -0.2) is 18.8 Å². The van der Waals surface area contributed by atoms with Gasteiger partial charge in [0.05, 0.1) is 6.10 Å². The predicted molar refractivity (Wildman–Crippen MR) is 72.6 cm³/mol. The topological polar surface area (TPSA) is 21.3 Å². The SMILES string of the molecule is CCC1CC(Nc2ccc(C)cc2C)CCO1. The molecule has 2 atom stereocenters. The minimum atomic E-state index is 0.437. The first-order chi connectivity index (χ1) is 8.19. The molecule has 17 heavy (non-hydrogen) atoms. The lowest BCUT2D eigenvalue weighted by atomic mass is 10.0. The Bertz CT molecular complexity index is 375. The number of hydrogen-bond donors (Lipinski definition) is 1. The van der Waals surface area contributed by atoms with Crippen LogP contribution in [0.5, 0.6) is 0 Å². The van der Waals surface area contributed by atoms with Crippen molar-refractivity contribution in [1.29, 1.82) is 0 Å². The van der Waals surface area contributed by atoms with Crippen LogP contribution < -0.4 is 5.32 Å². The van der Waals surface area contributed by atoms with Gasteiger partial charge in [0.25, 0.3) is 0 Å². The zero-order chi connectivity index (χ0) is 12.3. The molecule has 0 saturated carbocycles. The van der Waals surface area contributed by atoms with Crippen molar-refractivity contribution < 1.29 is 4.74 Å². The zero-order valence-electron chi connectivity index (χ0n) is 11.1. The first kappa shape index (κ1) is 12.4. The van der Waals surface area contributed by atoms with Gasteiger partial charge in [-0.2, -0.15) is 0 Å². The van der Waals surface area contributed by atoms with Crippen LogP contribution in [0.1, 0.15) is 37.3 Å². The summed E-state index contributed by atoms with van der Waals surface area (Å²) in [6.45, 7) is 7.40. The van der Waals surface area contributed by atoms with E-state index in [4.69, 9.17) is 4.74 Å². The third-order valence-electron chi connectivity index (χ3n) is 3.56. The van der Waals surface area contributed by atoms with Crippen molar-refractivity contribution in [3.63, 3.8) is 0 Å². The van der Waals surface area contributed by atoms with Crippen LogP contribution in [0.15, 0.2) is 18.2 Å². The summed E-state index contributed by atoms with van der Waals surface area (Å²) in [5.41, 5.74) is 3.94. The summed E-state index contributed by atoms with van der Waals surface area (Å²) in [6, 6.07) is 7.17. The molecule has 1 heterocycles. The number of hydrogen-bond acceptors (Lipinski definition) is 2. The van der Waals surface area contributed by atoms with E-state index in [0.717, 1.165) is 25.9 Å². The van der Waals surface area contributed by atoms with Crippen molar-refractivity contribution in [2.75, 3.05) is 11.9 Å². The van der Waals surface area contributed by atoms with Crippen molar-refractivity contribution in [3.8, 4) is 0 Å². The van der Waals surface area contributed by atoms with Crippen LogP contribution in [0.4, 0.5) is 5.69 Å². The van der Waals surface area contributed by atoms with Gasteiger partial charge in [0.15, 0.2) is 0 Å². The van der Waals surface area contributed by atoms with E-state index in [1.54, 1.807) is 0 Å². The highest BCUT2D eigenvalue weighted by Crippen LogP contribution is 2.23. The Morgan fingerprint density at radius 2 is 2.18 bits per heavy atom. The van der Waals surface area contributed by atoms with Gasteiger partial charge in [-0.3, -0.25) is 0 Å². The Balaban J connectivity index is 2.00. The van der Waals surface area contributed by atoms with Crippen LogP contribution in [0.3, 0.4) is 0 Å². The zero-order valence-corrected chi connectivity index (χ0v) is 11.1. The number of anilines is 1. The molecule has 1 saturated heterocycles. The van der Waals surface area contributed by atoms with Gasteiger partial charge < -0.3 is 10.1 Å². The van der Waals surface area contributed by atoms with Gasteiger partial charge in [-0.05, 0) is 44.7 Å². The summed E-state index contributed by atoms with van der Waals surface area (Å²) in [6.07, 6.45) is 3.80. The van der Waals surface area contributed by atoms with Crippen LogP contribution in [0.2, 0.25) is 0 Å². The second kappa shape index (κ2) is 5.54. The van der Waals surface area contributed by atoms with E-state index in [0.29, 0.717) is 12.1 Å². The highest BCUT2D eigenvalue weighted by atomic mass is 16.5. The number of aryl methyl sites for hydroxylation is 2. The maximum absolute atomic E-state index is 5.70. The molecule has 2 unspecified atom stereocenters. The molecule has 0 amide bonds. The van der Waals surface area contributed by atoms with Crippen LogP contribution >= 0.6 is 0 Å². The lowest BCUT2D eigenvalue weighted by molar-refractivity contribution is 0.00925. The van der Waals surface area contributed by atoms with Gasteiger partial charge in [-0.15, -0.1) is 0 Å².